The molecule has 0 aromatic carbocycles. The van der Waals surface area contributed by atoms with Gasteiger partial charge in [0, 0.05) is 12.3 Å². The van der Waals surface area contributed by atoms with Crippen LogP contribution in [0.5, 0.6) is 0 Å². The second-order valence-electron chi connectivity index (χ2n) is 3.74. The molecule has 0 heterocycles. The lowest BCUT2D eigenvalue weighted by Crippen LogP contribution is -2.49. The average Bonchev–Trinajstić information content (AvgIpc) is 1.97. The zero-order valence-corrected chi connectivity index (χ0v) is 9.61. The molecule has 0 saturated heterocycles. The van der Waals surface area contributed by atoms with Crippen molar-refractivity contribution in [3.05, 3.63) is 12.7 Å². The lowest BCUT2D eigenvalue weighted by Gasteiger charge is -2.31. The third-order valence-electron chi connectivity index (χ3n) is 2.55. The van der Waals surface area contributed by atoms with Gasteiger partial charge < -0.3 is 5.32 Å². The number of nitrogens with one attached hydrogen (secondary N) is 1. The van der Waals surface area contributed by atoms with Crippen molar-refractivity contribution in [3.63, 3.8) is 0 Å². The van der Waals surface area contributed by atoms with Crippen LogP contribution in [0, 0.1) is 0 Å². The van der Waals surface area contributed by atoms with Gasteiger partial charge in [-0.05, 0) is 27.3 Å². The molecule has 4 heteroatoms. The minimum atomic E-state index is -3.05. The molecule has 0 aliphatic rings. The normalized spacial score (nSPS) is 15.4. The molecule has 0 spiro atoms. The smallest absolute Gasteiger partial charge is 0.154 e. The van der Waals surface area contributed by atoms with Gasteiger partial charge in [0.2, 0.25) is 0 Å². The van der Waals surface area contributed by atoms with E-state index in [1.54, 1.807) is 27.0 Å². The molecule has 1 atom stereocenters. The summed E-state index contributed by atoms with van der Waals surface area (Å²) in [5.41, 5.74) is 0. The Labute approximate surface area is 81.1 Å². The van der Waals surface area contributed by atoms with Crippen molar-refractivity contribution in [1.82, 2.24) is 5.32 Å². The number of hydrogen-bond acceptors (Lipinski definition) is 3. The van der Waals surface area contributed by atoms with Gasteiger partial charge in [0.25, 0.3) is 0 Å². The van der Waals surface area contributed by atoms with E-state index in [1.807, 2.05) is 0 Å². The summed E-state index contributed by atoms with van der Waals surface area (Å²) >= 11 is 0. The zero-order chi connectivity index (χ0) is 10.7. The maximum Gasteiger partial charge on any atom is 0.154 e. The van der Waals surface area contributed by atoms with E-state index in [9.17, 15) is 8.42 Å². The first kappa shape index (κ1) is 12.7. The first-order chi connectivity index (χ1) is 5.77. The van der Waals surface area contributed by atoms with Crippen LogP contribution in [0.15, 0.2) is 12.7 Å². The predicted octanol–water partition coefficient (Wildman–Crippen LogP) is 0.974. The summed E-state index contributed by atoms with van der Waals surface area (Å²) in [5, 5.41) is 3.00. The van der Waals surface area contributed by atoms with Gasteiger partial charge in [0.15, 0.2) is 9.84 Å². The van der Waals surface area contributed by atoms with Crippen molar-refractivity contribution in [3.8, 4) is 0 Å². The van der Waals surface area contributed by atoms with Crippen LogP contribution in [-0.4, -0.2) is 32.5 Å². The number of sulfone groups is 1. The van der Waals surface area contributed by atoms with Gasteiger partial charge in [-0.15, -0.1) is 6.58 Å². The Bertz CT molecular complexity index is 267. The summed E-state index contributed by atoms with van der Waals surface area (Å²) < 4.78 is 22.2. The molecule has 78 valence electrons. The van der Waals surface area contributed by atoms with Gasteiger partial charge in [0.05, 0.1) is 4.75 Å². The first-order valence-corrected chi connectivity index (χ1v) is 6.14. The highest BCUT2D eigenvalue weighted by molar-refractivity contribution is 7.92. The van der Waals surface area contributed by atoms with E-state index in [4.69, 9.17) is 0 Å². The molecule has 0 aromatic heterocycles. The van der Waals surface area contributed by atoms with Gasteiger partial charge >= 0.3 is 0 Å². The van der Waals surface area contributed by atoms with Crippen molar-refractivity contribution in [1.29, 1.82) is 0 Å². The van der Waals surface area contributed by atoms with Gasteiger partial charge in [-0.25, -0.2) is 8.42 Å². The molecule has 0 aliphatic carbocycles. The van der Waals surface area contributed by atoms with E-state index in [0.717, 1.165) is 0 Å². The second-order valence-corrected chi connectivity index (χ2v) is 6.34. The van der Waals surface area contributed by atoms with Crippen molar-refractivity contribution in [2.75, 3.05) is 13.3 Å². The van der Waals surface area contributed by atoms with E-state index >= 15 is 0 Å². The fraction of sp³-hybridized carbons (Fsp3) is 0.778. The molecular weight excluding hydrogens is 186 g/mol. The highest BCUT2D eigenvalue weighted by atomic mass is 32.2. The summed E-state index contributed by atoms with van der Waals surface area (Å²) in [4.78, 5) is 0. The van der Waals surface area contributed by atoms with Crippen molar-refractivity contribution < 1.29 is 8.42 Å². The van der Waals surface area contributed by atoms with E-state index in [2.05, 4.69) is 11.9 Å². The fourth-order valence-corrected chi connectivity index (χ4v) is 1.91. The molecule has 1 N–H and O–H groups in total. The second kappa shape index (κ2) is 4.24. The van der Waals surface area contributed by atoms with Crippen molar-refractivity contribution in [2.24, 2.45) is 0 Å². The Morgan fingerprint density at radius 3 is 2.23 bits per heavy atom. The van der Waals surface area contributed by atoms with Crippen LogP contribution in [0.25, 0.3) is 0 Å². The topological polar surface area (TPSA) is 46.2 Å². The summed E-state index contributed by atoms with van der Waals surface area (Å²) in [5.74, 6) is 0. The monoisotopic (exact) mass is 205 g/mol. The summed E-state index contributed by atoms with van der Waals surface area (Å²) in [7, 11) is -1.28. The van der Waals surface area contributed by atoms with Crippen LogP contribution in [0.4, 0.5) is 0 Å². The lowest BCUT2D eigenvalue weighted by molar-refractivity contribution is 0.436. The van der Waals surface area contributed by atoms with Crippen LogP contribution < -0.4 is 5.32 Å². The molecule has 0 aromatic rings. The van der Waals surface area contributed by atoms with E-state index in [0.29, 0.717) is 6.42 Å². The standard InChI is InChI=1S/C9H19NO2S/c1-6-7-8(10-4)9(2,3)13(5,11)12/h6,8,10H,1,7H2,2-5H3. The van der Waals surface area contributed by atoms with Crippen molar-refractivity contribution in [2.45, 2.75) is 31.1 Å². The minimum absolute atomic E-state index is 0.0833. The number of hydrogen-bond donors (Lipinski definition) is 1. The molecule has 13 heavy (non-hydrogen) atoms. The molecular formula is C9H19NO2S. The minimum Gasteiger partial charge on any atom is -0.315 e. The largest absolute Gasteiger partial charge is 0.315 e. The highest BCUT2D eigenvalue weighted by Gasteiger charge is 2.37. The average molecular weight is 205 g/mol. The van der Waals surface area contributed by atoms with Crippen LogP contribution in [0.1, 0.15) is 20.3 Å². The van der Waals surface area contributed by atoms with Crippen LogP contribution in [-0.2, 0) is 9.84 Å². The Kier molecular flexibility index (Phi) is 4.13. The molecule has 0 bridgehead atoms. The van der Waals surface area contributed by atoms with Crippen LogP contribution in [0.3, 0.4) is 0 Å². The molecule has 0 fully saturated rings. The summed E-state index contributed by atoms with van der Waals surface area (Å²) in [6.07, 6.45) is 3.64. The molecule has 0 aliphatic heterocycles. The SMILES string of the molecule is C=CCC(NC)C(C)(C)S(C)(=O)=O. The van der Waals surface area contributed by atoms with Crippen molar-refractivity contribution >= 4 is 9.84 Å². The molecule has 0 amide bonds. The van der Waals surface area contributed by atoms with E-state index in [1.165, 1.54) is 6.26 Å². The van der Waals surface area contributed by atoms with Gasteiger partial charge in [-0.1, -0.05) is 6.08 Å². The van der Waals surface area contributed by atoms with Crippen LogP contribution in [0.2, 0.25) is 0 Å². The van der Waals surface area contributed by atoms with Gasteiger partial charge in [-0.3, -0.25) is 0 Å². The Hall–Kier alpha value is -0.350. The van der Waals surface area contributed by atoms with Gasteiger partial charge in [-0.2, -0.15) is 0 Å². The summed E-state index contributed by atoms with van der Waals surface area (Å²) in [6.45, 7) is 7.07. The Morgan fingerprint density at radius 2 is 2.00 bits per heavy atom. The molecule has 0 saturated carbocycles. The van der Waals surface area contributed by atoms with E-state index in [-0.39, 0.29) is 6.04 Å². The first-order valence-electron chi connectivity index (χ1n) is 4.25. The molecule has 3 nitrogen and oxygen atoms in total. The molecule has 1 unspecified atom stereocenters. The third kappa shape index (κ3) is 2.81. The zero-order valence-electron chi connectivity index (χ0n) is 8.79. The fourth-order valence-electron chi connectivity index (χ4n) is 1.17. The molecule has 0 radical (unpaired) electrons. The maximum atomic E-state index is 11.5. The number of rotatable bonds is 5. The highest BCUT2D eigenvalue weighted by Crippen LogP contribution is 2.22. The third-order valence-corrected chi connectivity index (χ3v) is 4.74. The van der Waals surface area contributed by atoms with E-state index < -0.39 is 14.6 Å². The van der Waals surface area contributed by atoms with Crippen LogP contribution >= 0.6 is 0 Å². The Balaban J connectivity index is 4.88. The van der Waals surface area contributed by atoms with Gasteiger partial charge in [0.1, 0.15) is 0 Å². The lowest BCUT2D eigenvalue weighted by atomic mass is 10.0. The molecule has 0 rings (SSSR count). The maximum absolute atomic E-state index is 11.5. The predicted molar refractivity (Wildman–Crippen MR) is 56.6 cm³/mol. The summed E-state index contributed by atoms with van der Waals surface area (Å²) in [6, 6.07) is -0.0833. The Morgan fingerprint density at radius 1 is 1.54 bits per heavy atom. The quantitative estimate of drug-likeness (QED) is 0.680.